The number of piperidine rings is 1. The summed E-state index contributed by atoms with van der Waals surface area (Å²) in [6.45, 7) is 2.09. The van der Waals surface area contributed by atoms with Crippen molar-refractivity contribution >= 4 is 22.5 Å². The number of benzene rings is 2. The van der Waals surface area contributed by atoms with Gasteiger partial charge in [-0.1, -0.05) is 16.8 Å². The van der Waals surface area contributed by atoms with Crippen LogP contribution in [0.5, 0.6) is 23.0 Å². The fourth-order valence-corrected chi connectivity index (χ4v) is 4.45. The molecule has 11 heteroatoms. The molecule has 0 spiro atoms. The van der Waals surface area contributed by atoms with E-state index < -0.39 is 6.10 Å². The summed E-state index contributed by atoms with van der Waals surface area (Å²) in [6.07, 6.45) is 0.769. The van der Waals surface area contributed by atoms with Gasteiger partial charge in [-0.25, -0.2) is 4.68 Å². The number of aliphatic hydroxyl groups is 1. The Kier molecular flexibility index (Phi) is 7.94. The lowest BCUT2D eigenvalue weighted by atomic mass is 10.0. The van der Waals surface area contributed by atoms with Crippen molar-refractivity contribution < 1.29 is 24.1 Å². The van der Waals surface area contributed by atoms with Crippen LogP contribution in [-0.4, -0.2) is 78.7 Å². The zero-order valence-corrected chi connectivity index (χ0v) is 20.7. The molecule has 1 saturated heterocycles. The van der Waals surface area contributed by atoms with Gasteiger partial charge in [0.25, 0.3) is 5.56 Å². The van der Waals surface area contributed by atoms with Crippen LogP contribution >= 0.6 is 11.6 Å². The molecule has 1 atom stereocenters. The Morgan fingerprint density at radius 2 is 1.77 bits per heavy atom. The van der Waals surface area contributed by atoms with E-state index in [1.807, 2.05) is 0 Å². The summed E-state index contributed by atoms with van der Waals surface area (Å²) in [7, 11) is 4.48. The van der Waals surface area contributed by atoms with Crippen molar-refractivity contribution in [1.82, 2.24) is 19.9 Å². The molecule has 0 bridgehead atoms. The molecule has 0 aliphatic carbocycles. The molecule has 188 valence electrons. The Balaban J connectivity index is 1.41. The van der Waals surface area contributed by atoms with Crippen molar-refractivity contribution in [2.24, 2.45) is 0 Å². The third kappa shape index (κ3) is 5.44. The maximum atomic E-state index is 13.3. The number of halogens is 1. The number of β-amino-alcohol motifs (C(OH)–C–C–N with tert-alkyl or cyclic N) is 1. The van der Waals surface area contributed by atoms with Gasteiger partial charge in [0.15, 0.2) is 11.5 Å². The molecular weight excluding hydrogens is 476 g/mol. The van der Waals surface area contributed by atoms with Crippen molar-refractivity contribution in [3.8, 4) is 23.0 Å². The van der Waals surface area contributed by atoms with Crippen LogP contribution < -0.4 is 24.5 Å². The van der Waals surface area contributed by atoms with E-state index in [9.17, 15) is 9.90 Å². The lowest BCUT2D eigenvalue weighted by molar-refractivity contribution is 0.0545. The largest absolute Gasteiger partial charge is 0.493 e. The van der Waals surface area contributed by atoms with Gasteiger partial charge in [-0.05, 0) is 43.2 Å². The van der Waals surface area contributed by atoms with Crippen LogP contribution in [0, 0.1) is 0 Å². The maximum absolute atomic E-state index is 13.3. The number of rotatable bonds is 9. The van der Waals surface area contributed by atoms with E-state index in [1.165, 1.54) is 26.0 Å². The highest BCUT2D eigenvalue weighted by Gasteiger charge is 2.26. The van der Waals surface area contributed by atoms with E-state index >= 15 is 0 Å². The minimum atomic E-state index is -0.639. The summed E-state index contributed by atoms with van der Waals surface area (Å²) in [6, 6.07) is 8.53. The lowest BCUT2D eigenvalue weighted by Gasteiger charge is -2.33. The van der Waals surface area contributed by atoms with E-state index in [4.69, 9.17) is 30.5 Å². The van der Waals surface area contributed by atoms with Crippen molar-refractivity contribution in [3.63, 3.8) is 0 Å². The van der Waals surface area contributed by atoms with Gasteiger partial charge in [0, 0.05) is 24.7 Å². The van der Waals surface area contributed by atoms with Gasteiger partial charge >= 0.3 is 0 Å². The van der Waals surface area contributed by atoms with Crippen LogP contribution in [0.1, 0.15) is 18.9 Å². The molecule has 0 radical (unpaired) electrons. The Labute approximate surface area is 207 Å². The number of aliphatic hydroxyl groups excluding tert-OH is 1. The summed E-state index contributed by atoms with van der Waals surface area (Å²) in [5.74, 6) is 1.72. The zero-order valence-electron chi connectivity index (χ0n) is 19.9. The molecular formula is C24H29ClN4O6. The van der Waals surface area contributed by atoms with Gasteiger partial charge in [0.1, 0.15) is 24.0 Å². The van der Waals surface area contributed by atoms with Crippen LogP contribution in [0.3, 0.4) is 0 Å². The van der Waals surface area contributed by atoms with Crippen LogP contribution in [0.4, 0.5) is 0 Å². The number of hydrogen-bond donors (Lipinski definition) is 1. The Bertz CT molecular complexity index is 1210. The summed E-state index contributed by atoms with van der Waals surface area (Å²) in [4.78, 5) is 15.4. The predicted octanol–water partition coefficient (Wildman–Crippen LogP) is 2.55. The summed E-state index contributed by atoms with van der Waals surface area (Å²) in [5, 5.41) is 19.9. The molecule has 0 saturated carbocycles. The molecule has 1 N–H and O–H groups in total. The fraction of sp³-hybridized carbons (Fsp3) is 0.458. The van der Waals surface area contributed by atoms with E-state index in [-0.39, 0.29) is 18.2 Å². The second-order valence-electron chi connectivity index (χ2n) is 8.33. The number of ether oxygens (including phenoxy) is 4. The zero-order chi connectivity index (χ0) is 24.9. The maximum Gasteiger partial charge on any atom is 0.278 e. The number of nitrogens with zero attached hydrogens (tertiary/aromatic N) is 4. The first-order valence-corrected chi connectivity index (χ1v) is 11.7. The van der Waals surface area contributed by atoms with Gasteiger partial charge in [0.05, 0.1) is 32.8 Å². The first kappa shape index (κ1) is 25.0. The van der Waals surface area contributed by atoms with Gasteiger partial charge < -0.3 is 29.0 Å². The van der Waals surface area contributed by atoms with Crippen molar-refractivity contribution in [1.29, 1.82) is 0 Å². The van der Waals surface area contributed by atoms with Gasteiger partial charge in [-0.15, -0.1) is 5.10 Å². The molecule has 2 heterocycles. The summed E-state index contributed by atoms with van der Waals surface area (Å²) in [5.41, 5.74) is 0.0664. The molecule has 1 aromatic heterocycles. The second kappa shape index (κ2) is 11.1. The van der Waals surface area contributed by atoms with Crippen molar-refractivity contribution in [2.75, 3.05) is 47.6 Å². The predicted molar refractivity (Wildman–Crippen MR) is 131 cm³/mol. The number of hydrogen-bond acceptors (Lipinski definition) is 9. The van der Waals surface area contributed by atoms with E-state index in [0.717, 1.165) is 0 Å². The van der Waals surface area contributed by atoms with Crippen molar-refractivity contribution in [3.05, 3.63) is 45.7 Å². The Morgan fingerprint density at radius 3 is 2.40 bits per heavy atom. The minimum Gasteiger partial charge on any atom is -0.493 e. The number of aromatic nitrogens is 3. The third-order valence-electron chi connectivity index (χ3n) is 6.11. The molecule has 35 heavy (non-hydrogen) atoms. The topological polar surface area (TPSA) is 108 Å². The van der Waals surface area contributed by atoms with Crippen LogP contribution in [-0.2, 0) is 0 Å². The van der Waals surface area contributed by atoms with Crippen LogP contribution in [0.25, 0.3) is 10.9 Å². The molecule has 1 fully saturated rings. The molecule has 1 aliphatic rings. The van der Waals surface area contributed by atoms with Gasteiger partial charge in [-0.2, -0.15) is 0 Å². The molecule has 1 aliphatic heterocycles. The van der Waals surface area contributed by atoms with E-state index in [0.29, 0.717) is 71.4 Å². The highest BCUT2D eigenvalue weighted by atomic mass is 35.5. The molecule has 2 aromatic carbocycles. The number of likely N-dealkylation sites (tertiary alicyclic amines) is 1. The Hall–Kier alpha value is -3.08. The average molecular weight is 505 g/mol. The monoisotopic (exact) mass is 504 g/mol. The smallest absolute Gasteiger partial charge is 0.278 e. The summed E-state index contributed by atoms with van der Waals surface area (Å²) < 4.78 is 23.3. The molecule has 1 unspecified atom stereocenters. The van der Waals surface area contributed by atoms with Gasteiger partial charge in [0.2, 0.25) is 5.75 Å². The van der Waals surface area contributed by atoms with E-state index in [1.54, 1.807) is 30.3 Å². The highest BCUT2D eigenvalue weighted by molar-refractivity contribution is 6.30. The highest BCUT2D eigenvalue weighted by Crippen LogP contribution is 2.41. The number of fused-ring (bicyclic) bond motifs is 1. The lowest BCUT2D eigenvalue weighted by Crippen LogP contribution is -2.43. The molecule has 0 amide bonds. The van der Waals surface area contributed by atoms with Crippen LogP contribution in [0.15, 0.2) is 35.1 Å². The second-order valence-corrected chi connectivity index (χ2v) is 8.77. The van der Waals surface area contributed by atoms with Crippen LogP contribution in [0.2, 0.25) is 5.02 Å². The standard InChI is InChI=1S/C24H29ClN4O6/c1-32-20-12-19-21(23(34-3)22(20)33-2)26-27-29(24(19)31)16-8-10-28(11-9-16)13-17(30)14-35-18-6-4-15(25)5-7-18/h4-7,12,16-17,30H,8-11,13-14H2,1-3H3. The quantitative estimate of drug-likeness (QED) is 0.470. The first-order chi connectivity index (χ1) is 16.9. The fourth-order valence-electron chi connectivity index (χ4n) is 4.32. The number of methoxy groups -OCH3 is 3. The average Bonchev–Trinajstić information content (AvgIpc) is 2.88. The Morgan fingerprint density at radius 1 is 1.09 bits per heavy atom. The summed E-state index contributed by atoms with van der Waals surface area (Å²) >= 11 is 5.88. The molecule has 3 aromatic rings. The normalized spacial score (nSPS) is 15.7. The third-order valence-corrected chi connectivity index (χ3v) is 6.36. The van der Waals surface area contributed by atoms with E-state index in [2.05, 4.69) is 15.2 Å². The van der Waals surface area contributed by atoms with Gasteiger partial charge in [-0.3, -0.25) is 4.79 Å². The van der Waals surface area contributed by atoms with Crippen molar-refractivity contribution in [2.45, 2.75) is 25.0 Å². The molecule has 10 nitrogen and oxygen atoms in total. The minimum absolute atomic E-state index is 0.0998. The molecule has 4 rings (SSSR count). The first-order valence-electron chi connectivity index (χ1n) is 11.3. The SMILES string of the molecule is COc1cc2c(=O)n(C3CCN(CC(O)COc4ccc(Cl)cc4)CC3)nnc2c(OC)c1OC.